The highest BCUT2D eigenvalue weighted by Crippen LogP contribution is 2.35. The second kappa shape index (κ2) is 30.5. The predicted octanol–water partition coefficient (Wildman–Crippen LogP) is 20.3. The molecule has 0 saturated carbocycles. The van der Waals surface area contributed by atoms with Gasteiger partial charge in [-0.05, 0) is 219 Å². The van der Waals surface area contributed by atoms with Crippen LogP contribution in [-0.4, -0.2) is 0 Å². The smallest absolute Gasteiger partial charge is 0.201 e. The Labute approximate surface area is 587 Å². The van der Waals surface area contributed by atoms with Crippen LogP contribution in [0.25, 0.3) is 78.4 Å². The van der Waals surface area contributed by atoms with E-state index in [-0.39, 0.29) is 38.8 Å². The van der Waals surface area contributed by atoms with Gasteiger partial charge in [0.15, 0.2) is 24.8 Å². The molecule has 0 bridgehead atoms. The van der Waals surface area contributed by atoms with E-state index in [4.69, 9.17) is 31.5 Å². The Kier molecular flexibility index (Phi) is 14.5. The lowest BCUT2D eigenvalue weighted by Crippen LogP contribution is -2.33. The maximum Gasteiger partial charge on any atom is 0.212 e. The Balaban J connectivity index is 0.000000193. The fourth-order valence-corrected chi connectivity index (χ4v) is 11.5. The van der Waals surface area contributed by atoms with Gasteiger partial charge in [0.05, 0.1) is 0 Å². The van der Waals surface area contributed by atoms with Crippen LogP contribution in [-0.2, 0) is 59.1 Å². The lowest BCUT2D eigenvalue weighted by Gasteiger charge is -2.17. The Morgan fingerprint density at radius 2 is 0.696 bits per heavy atom. The summed E-state index contributed by atoms with van der Waals surface area (Å²) in [5, 5.41) is 0. The van der Waals surface area contributed by atoms with Crippen molar-refractivity contribution in [1.29, 1.82) is 0 Å². The van der Waals surface area contributed by atoms with Crippen molar-refractivity contribution in [2.45, 2.75) is 148 Å². The normalized spacial score (nSPS) is 16.1. The third-order valence-corrected chi connectivity index (χ3v) is 16.8. The third kappa shape index (κ3) is 16.2. The molecule has 4 aromatic heterocycles. The maximum atomic E-state index is 8.29. The SMILES string of the molecule is [2H]C([2H])([2H])c1cc(C)c(-c2cc(C([2H])([2H])C)c(C([2H])([2H])C)c[n+]2C)cc1-c1ccccc1.[2H]C([2H])([2H])c1cc(C)c(-c2cc(C([2H])([2H])C)c(C([2H])([2H])[2H])c[n+]2C)cc1-c1ccccc1.[2H]C([2H])([2H])c1cc(C)c(-c2cc(C)c(C([2H])([2H])C)c[n+]2C)cc1-c1ccccc1.[2H]C([2H])([2H])c1ccc(-c2ccc(C(C)(C)C)c[n+]2C)c(C)c1. The van der Waals surface area contributed by atoms with E-state index in [2.05, 4.69) is 43.7 Å². The summed E-state index contributed by atoms with van der Waals surface area (Å²) in [6.45, 7) is 10.4. The summed E-state index contributed by atoms with van der Waals surface area (Å²) in [6, 6.07) is 53.6. The summed E-state index contributed by atoms with van der Waals surface area (Å²) in [7, 11) is 7.42. The molecular formula is C88H104N4+4. The number of aryl methyl sites for hydroxylation is 18. The van der Waals surface area contributed by atoms with Crippen LogP contribution in [0.15, 0.2) is 201 Å². The molecule has 11 rings (SSSR count). The average molecular weight is 1240 g/mol. The fraction of sp³-hybridized carbons (Fsp3) is 0.295. The standard InChI is InChI=1S/C24H28N.2C23H26N.C18H24N/c1-6-19-14-24(25(5)16-20(19)7-2)23-15-22(17(3)13-18(23)4)21-11-9-8-10-12-21;1-6-19-15-24(5)23(13-16(19)2)22-14-21(17(3)12-18(22)4)20-10-8-7-9-11-20;1-6-19-13-23(24(5)15-18(19)4)22-14-21(16(2)12-17(22)3)20-10-8-7-9-11-20;1-13-7-9-16(14(2)11-13)17-10-8-15(12-19(17)6)18(3,4)5/h8-16H,6-7H2,1-5H3;2*7-15H,6H2,1-5H3;7-12H,1-6H3/q4*+1/i3D3,6D2,7D2;3D3,6D2;2D3,4D3,6D2;1D3. The van der Waals surface area contributed by atoms with Gasteiger partial charge in [-0.3, -0.25) is 0 Å². The first-order chi connectivity index (χ1) is 52.6. The molecule has 472 valence electrons. The molecule has 0 unspecified atom stereocenters. The summed E-state index contributed by atoms with van der Waals surface area (Å²) in [5.74, 6) is 0. The molecule has 0 aliphatic heterocycles. The molecule has 92 heavy (non-hydrogen) atoms. The molecule has 7 aromatic carbocycles. The van der Waals surface area contributed by atoms with Gasteiger partial charge >= 0.3 is 0 Å². The zero-order valence-corrected chi connectivity index (χ0v) is 56.3. The second-order valence-corrected chi connectivity index (χ2v) is 24.5. The van der Waals surface area contributed by atoms with Gasteiger partial charge in [0, 0.05) is 100 Å². The number of hydrogen-bond donors (Lipinski definition) is 0. The highest BCUT2D eigenvalue weighted by atomic mass is 14.9. The van der Waals surface area contributed by atoms with Gasteiger partial charge in [0.25, 0.3) is 0 Å². The fourth-order valence-electron chi connectivity index (χ4n) is 11.5. The van der Waals surface area contributed by atoms with Gasteiger partial charge < -0.3 is 0 Å². The Hall–Kier alpha value is -8.86. The Bertz CT molecular complexity index is 5090. The first kappa shape index (κ1) is 43.8. The molecule has 0 aliphatic rings. The molecule has 0 fully saturated rings. The van der Waals surface area contributed by atoms with E-state index < -0.39 is 59.8 Å². The molecule has 0 amide bonds. The van der Waals surface area contributed by atoms with Crippen LogP contribution >= 0.6 is 0 Å². The molecule has 0 N–H and O–H groups in total. The molecule has 4 heteroatoms. The van der Waals surface area contributed by atoms with Crippen molar-refractivity contribution >= 4 is 0 Å². The monoisotopic (exact) mass is 1240 g/mol. The highest BCUT2D eigenvalue weighted by Gasteiger charge is 2.23. The lowest BCUT2D eigenvalue weighted by atomic mass is 9.88. The number of rotatable bonds is 11. The maximum absolute atomic E-state index is 8.29. The average Bonchev–Trinajstić information content (AvgIpc) is 0.696. The van der Waals surface area contributed by atoms with Gasteiger partial charge in [0.1, 0.15) is 28.2 Å². The van der Waals surface area contributed by atoms with Crippen LogP contribution in [0.5, 0.6) is 0 Å². The van der Waals surface area contributed by atoms with Gasteiger partial charge in [-0.15, -0.1) is 0 Å². The number of hydrogen-bond acceptors (Lipinski definition) is 0. The highest BCUT2D eigenvalue weighted by molar-refractivity contribution is 5.78. The largest absolute Gasteiger partial charge is 0.212 e. The molecule has 11 aromatic rings. The quantitative estimate of drug-likeness (QED) is 0.115. The summed E-state index contributed by atoms with van der Waals surface area (Å²) in [4.78, 5) is 0. The van der Waals surface area contributed by atoms with Crippen LogP contribution in [0.2, 0.25) is 0 Å². The lowest BCUT2D eigenvalue weighted by molar-refractivity contribution is -0.661. The zero-order valence-electron chi connectivity index (χ0n) is 79.3. The molecule has 0 saturated heterocycles. The molecule has 0 aliphatic carbocycles. The van der Waals surface area contributed by atoms with Crippen molar-refractivity contribution in [3.8, 4) is 78.4 Å². The minimum atomic E-state index is -2.47. The minimum Gasteiger partial charge on any atom is -0.201 e. The van der Waals surface area contributed by atoms with Crippen LogP contribution < -0.4 is 18.3 Å². The molecular weight excluding hydrogens is 1110 g/mol. The van der Waals surface area contributed by atoms with E-state index in [1.807, 2.05) is 168 Å². The van der Waals surface area contributed by atoms with Crippen molar-refractivity contribution < 1.29 is 49.8 Å². The zero-order chi connectivity index (χ0) is 86.4. The van der Waals surface area contributed by atoms with E-state index >= 15 is 0 Å². The Morgan fingerprint density at radius 3 is 1.09 bits per heavy atom. The predicted molar refractivity (Wildman–Crippen MR) is 392 cm³/mol. The van der Waals surface area contributed by atoms with Gasteiger partial charge in [0.2, 0.25) is 22.8 Å². The first-order valence-corrected chi connectivity index (χ1v) is 30.9. The third-order valence-electron chi connectivity index (χ3n) is 16.8. The van der Waals surface area contributed by atoms with Crippen molar-refractivity contribution in [2.24, 2.45) is 28.2 Å². The van der Waals surface area contributed by atoms with Crippen LogP contribution in [0.1, 0.15) is 163 Å². The van der Waals surface area contributed by atoms with E-state index in [1.54, 1.807) is 91.8 Å². The van der Waals surface area contributed by atoms with E-state index in [9.17, 15) is 0 Å². The second-order valence-electron chi connectivity index (χ2n) is 24.5. The number of benzene rings is 7. The molecule has 4 nitrogen and oxygen atoms in total. The van der Waals surface area contributed by atoms with Gasteiger partial charge in [-0.25, -0.2) is 18.3 Å². The first-order valence-electron chi connectivity index (χ1n) is 42.4. The number of aromatic nitrogens is 4. The number of nitrogens with zero attached hydrogens (tertiary/aromatic N) is 4. The summed E-state index contributed by atoms with van der Waals surface area (Å²) >= 11 is 0. The van der Waals surface area contributed by atoms with Crippen molar-refractivity contribution in [2.75, 3.05) is 0 Å². The topological polar surface area (TPSA) is 15.5 Å². The van der Waals surface area contributed by atoms with E-state index in [0.717, 1.165) is 67.0 Å². The Morgan fingerprint density at radius 1 is 0.304 bits per heavy atom. The summed E-state index contributed by atoms with van der Waals surface area (Å²) in [5.41, 5.74) is 19.1. The van der Waals surface area contributed by atoms with Gasteiger partial charge in [-0.2, -0.15) is 0 Å². The molecule has 4 heterocycles. The van der Waals surface area contributed by atoms with Crippen molar-refractivity contribution in [1.82, 2.24) is 0 Å². The van der Waals surface area contributed by atoms with Crippen molar-refractivity contribution in [3.05, 3.63) is 284 Å². The van der Waals surface area contributed by atoms with Crippen LogP contribution in [0.3, 0.4) is 0 Å². The summed E-state index contributed by atoms with van der Waals surface area (Å²) in [6.07, 6.45) is 0.262. The van der Waals surface area contributed by atoms with Crippen LogP contribution in [0.4, 0.5) is 0 Å². The van der Waals surface area contributed by atoms with Gasteiger partial charge in [-0.1, -0.05) is 175 Å². The van der Waals surface area contributed by atoms with Crippen LogP contribution in [0, 0.1) is 68.9 Å². The van der Waals surface area contributed by atoms with E-state index in [1.165, 1.54) is 32.5 Å². The van der Waals surface area contributed by atoms with Crippen molar-refractivity contribution in [3.63, 3.8) is 0 Å². The molecule has 0 radical (unpaired) electrons. The minimum absolute atomic E-state index is 0.0451. The number of pyridine rings is 4. The molecule has 0 spiro atoms. The van der Waals surface area contributed by atoms with E-state index in [0.29, 0.717) is 55.9 Å². The molecule has 0 atom stereocenters. The summed E-state index contributed by atoms with van der Waals surface area (Å²) < 4.78 is 191.